The van der Waals surface area contributed by atoms with Crippen molar-refractivity contribution in [3.8, 4) is 17.2 Å². The van der Waals surface area contributed by atoms with Crippen LogP contribution in [0.15, 0.2) is 49.1 Å². The zero-order valence-electron chi connectivity index (χ0n) is 19.1. The summed E-state index contributed by atoms with van der Waals surface area (Å²) in [5, 5.41) is 1.28. The number of rotatable bonds is 7. The van der Waals surface area contributed by atoms with Crippen LogP contribution in [0.4, 0.5) is 0 Å². The third-order valence-electron chi connectivity index (χ3n) is 6.96. The molecule has 0 radical (unpaired) electrons. The Morgan fingerprint density at radius 2 is 1.78 bits per heavy atom. The minimum Gasteiger partial charge on any atom is -0.497 e. The summed E-state index contributed by atoms with van der Waals surface area (Å²) < 4.78 is 16.6. The summed E-state index contributed by atoms with van der Waals surface area (Å²) in [6.45, 7) is 7.71. The molecule has 0 aliphatic carbocycles. The van der Waals surface area contributed by atoms with Gasteiger partial charge in [-0.05, 0) is 36.2 Å². The van der Waals surface area contributed by atoms with Gasteiger partial charge in [0.25, 0.3) is 0 Å². The van der Waals surface area contributed by atoms with Crippen LogP contribution in [-0.2, 0) is 13.0 Å². The second-order valence-corrected chi connectivity index (χ2v) is 8.65. The van der Waals surface area contributed by atoms with Crippen molar-refractivity contribution < 1.29 is 14.2 Å². The Balaban J connectivity index is 1.55. The fourth-order valence-electron chi connectivity index (χ4n) is 5.35. The highest BCUT2D eigenvalue weighted by molar-refractivity contribution is 5.86. The number of aromatic nitrogens is 1. The minimum absolute atomic E-state index is 0.272. The van der Waals surface area contributed by atoms with Gasteiger partial charge in [-0.15, -0.1) is 6.58 Å². The van der Waals surface area contributed by atoms with Gasteiger partial charge in [-0.2, -0.15) is 0 Å². The summed E-state index contributed by atoms with van der Waals surface area (Å²) in [7, 11) is 5.14. The lowest BCUT2D eigenvalue weighted by atomic mass is 10.0. The minimum atomic E-state index is 0.272. The number of H-pyrrole nitrogens is 1. The van der Waals surface area contributed by atoms with Gasteiger partial charge in [0, 0.05) is 60.4 Å². The van der Waals surface area contributed by atoms with Crippen LogP contribution in [-0.4, -0.2) is 61.8 Å². The van der Waals surface area contributed by atoms with Crippen molar-refractivity contribution in [3.05, 3.63) is 65.9 Å². The lowest BCUT2D eigenvalue weighted by Gasteiger charge is -2.43. The van der Waals surface area contributed by atoms with Crippen LogP contribution in [0.25, 0.3) is 10.9 Å². The van der Waals surface area contributed by atoms with Crippen molar-refractivity contribution in [2.45, 2.75) is 25.0 Å². The number of nitrogens with zero attached hydrogens (tertiary/aromatic N) is 2. The van der Waals surface area contributed by atoms with E-state index in [9.17, 15) is 0 Å². The standard InChI is InChI=1S/C26H31N3O3/c1-5-10-28-16-24-26-22(21-12-19(30-2)8-9-23(21)27-26)11-18(28)15-29(24)14-17-6-7-20(31-3)13-25(17)32-4/h5-9,12-13,18,24,27H,1,10-11,14-16H2,2-4H3/t18-,24+/m1/s1. The Morgan fingerprint density at radius 1 is 1.00 bits per heavy atom. The van der Waals surface area contributed by atoms with Gasteiger partial charge >= 0.3 is 0 Å². The number of hydrogen-bond donors (Lipinski definition) is 1. The van der Waals surface area contributed by atoms with Gasteiger partial charge in [0.05, 0.1) is 27.4 Å². The van der Waals surface area contributed by atoms with Crippen LogP contribution >= 0.6 is 0 Å². The first-order valence-corrected chi connectivity index (χ1v) is 11.1. The average molecular weight is 434 g/mol. The quantitative estimate of drug-likeness (QED) is 0.567. The molecule has 2 aromatic carbocycles. The van der Waals surface area contributed by atoms with Crippen molar-refractivity contribution >= 4 is 10.9 Å². The molecule has 1 N–H and O–H groups in total. The number of fused-ring (bicyclic) bond motifs is 3. The van der Waals surface area contributed by atoms with Gasteiger partial charge in [-0.1, -0.05) is 12.1 Å². The van der Waals surface area contributed by atoms with Crippen LogP contribution in [0.2, 0.25) is 0 Å². The van der Waals surface area contributed by atoms with E-state index in [1.807, 2.05) is 24.3 Å². The largest absolute Gasteiger partial charge is 0.497 e. The van der Waals surface area contributed by atoms with Gasteiger partial charge in [0.15, 0.2) is 0 Å². The molecule has 1 fully saturated rings. The van der Waals surface area contributed by atoms with Crippen molar-refractivity contribution in [3.63, 3.8) is 0 Å². The fourth-order valence-corrected chi connectivity index (χ4v) is 5.35. The molecule has 168 valence electrons. The number of nitrogens with one attached hydrogen (secondary N) is 1. The summed E-state index contributed by atoms with van der Waals surface area (Å²) in [4.78, 5) is 8.92. The van der Waals surface area contributed by atoms with Gasteiger partial charge in [0.2, 0.25) is 0 Å². The highest BCUT2D eigenvalue weighted by atomic mass is 16.5. The molecule has 32 heavy (non-hydrogen) atoms. The Labute approximate surface area is 189 Å². The van der Waals surface area contributed by atoms with E-state index < -0.39 is 0 Å². The molecule has 2 atom stereocenters. The maximum Gasteiger partial charge on any atom is 0.127 e. The second kappa shape index (κ2) is 8.52. The van der Waals surface area contributed by atoms with E-state index in [1.54, 1.807) is 21.3 Å². The summed E-state index contributed by atoms with van der Waals surface area (Å²) in [6, 6.07) is 13.1. The first-order valence-electron chi connectivity index (χ1n) is 11.1. The molecule has 2 bridgehead atoms. The number of methoxy groups -OCH3 is 3. The fraction of sp³-hybridized carbons (Fsp3) is 0.385. The highest BCUT2D eigenvalue weighted by Gasteiger charge is 2.40. The molecular weight excluding hydrogens is 402 g/mol. The Kier molecular flexibility index (Phi) is 5.57. The number of benzene rings is 2. The van der Waals surface area contributed by atoms with Crippen molar-refractivity contribution in [1.82, 2.24) is 14.8 Å². The topological polar surface area (TPSA) is 50.0 Å². The van der Waals surface area contributed by atoms with Crippen molar-refractivity contribution in [1.29, 1.82) is 0 Å². The molecule has 0 spiro atoms. The normalized spacial score (nSPS) is 20.7. The van der Waals surface area contributed by atoms with Crippen LogP contribution in [0.3, 0.4) is 0 Å². The maximum absolute atomic E-state index is 5.69. The summed E-state index contributed by atoms with van der Waals surface area (Å²) in [5.41, 5.74) is 5.11. The third-order valence-corrected chi connectivity index (χ3v) is 6.96. The second-order valence-electron chi connectivity index (χ2n) is 8.65. The Hall–Kier alpha value is -2.96. The van der Waals surface area contributed by atoms with Gasteiger partial charge in [-0.25, -0.2) is 0 Å². The zero-order valence-corrected chi connectivity index (χ0v) is 19.1. The molecule has 1 aromatic heterocycles. The van der Waals surface area contributed by atoms with Gasteiger partial charge < -0.3 is 19.2 Å². The predicted octanol–water partition coefficient (Wildman–Crippen LogP) is 4.16. The zero-order chi connectivity index (χ0) is 22.2. The number of hydrogen-bond acceptors (Lipinski definition) is 5. The van der Waals surface area contributed by atoms with E-state index in [2.05, 4.69) is 39.6 Å². The molecule has 6 rings (SSSR count). The summed E-state index contributed by atoms with van der Waals surface area (Å²) in [5.74, 6) is 2.58. The molecule has 0 saturated carbocycles. The highest BCUT2D eigenvalue weighted by Crippen LogP contribution is 2.41. The monoisotopic (exact) mass is 433 g/mol. The van der Waals surface area contributed by atoms with Crippen molar-refractivity contribution in [2.75, 3.05) is 41.0 Å². The lowest BCUT2D eigenvalue weighted by Crippen LogP contribution is -2.53. The van der Waals surface area contributed by atoms with E-state index in [0.29, 0.717) is 6.04 Å². The van der Waals surface area contributed by atoms with Gasteiger partial charge in [-0.3, -0.25) is 9.80 Å². The molecule has 6 heteroatoms. The molecule has 3 aliphatic rings. The van der Waals surface area contributed by atoms with Crippen LogP contribution in [0.5, 0.6) is 17.2 Å². The first kappa shape index (κ1) is 20.9. The van der Waals surface area contributed by atoms with Crippen LogP contribution < -0.4 is 14.2 Å². The Bertz CT molecular complexity index is 1140. The molecule has 0 unspecified atom stereocenters. The smallest absolute Gasteiger partial charge is 0.127 e. The predicted molar refractivity (Wildman–Crippen MR) is 127 cm³/mol. The molecule has 3 aromatic rings. The third kappa shape index (κ3) is 3.53. The first-order chi connectivity index (χ1) is 15.6. The molecule has 6 nitrogen and oxygen atoms in total. The van der Waals surface area contributed by atoms with Gasteiger partial charge in [0.1, 0.15) is 17.2 Å². The Morgan fingerprint density at radius 3 is 2.53 bits per heavy atom. The number of aromatic amines is 1. The van der Waals surface area contributed by atoms with E-state index in [1.165, 1.54) is 27.7 Å². The average Bonchev–Trinajstić information content (AvgIpc) is 3.02. The molecule has 3 aliphatic heterocycles. The molecule has 4 heterocycles. The molecule has 1 saturated heterocycles. The number of piperazine rings is 1. The lowest BCUT2D eigenvalue weighted by molar-refractivity contribution is 0.0361. The maximum atomic E-state index is 5.69. The van der Waals surface area contributed by atoms with E-state index >= 15 is 0 Å². The van der Waals surface area contributed by atoms with Crippen LogP contribution in [0.1, 0.15) is 22.9 Å². The molecule has 0 amide bonds. The van der Waals surface area contributed by atoms with E-state index in [0.717, 1.165) is 49.8 Å². The SMILES string of the molecule is C=CCN1C[C@H]2c3[nH]c4ccc(OC)cc4c3C[C@@H]1CN2Cc1ccc(OC)cc1OC. The van der Waals surface area contributed by atoms with E-state index in [4.69, 9.17) is 14.2 Å². The summed E-state index contributed by atoms with van der Waals surface area (Å²) in [6.07, 6.45) is 3.04. The number of ether oxygens (including phenoxy) is 3. The van der Waals surface area contributed by atoms with Crippen molar-refractivity contribution in [2.24, 2.45) is 0 Å². The van der Waals surface area contributed by atoms with E-state index in [-0.39, 0.29) is 6.04 Å². The van der Waals surface area contributed by atoms with Crippen LogP contribution in [0, 0.1) is 0 Å². The molecular formula is C26H31N3O3. The summed E-state index contributed by atoms with van der Waals surface area (Å²) >= 11 is 0.